The van der Waals surface area contributed by atoms with Gasteiger partial charge in [-0.1, -0.05) is 36.4 Å². The number of anilines is 1. The predicted octanol–water partition coefficient (Wildman–Crippen LogP) is 4.43. The molecule has 2 aromatic carbocycles. The summed E-state index contributed by atoms with van der Waals surface area (Å²) in [6, 6.07) is 19.2. The number of fused-ring (bicyclic) bond motifs is 2. The van der Waals surface area contributed by atoms with E-state index in [9.17, 15) is 0 Å². The van der Waals surface area contributed by atoms with Gasteiger partial charge in [-0.2, -0.15) is 10.1 Å². The van der Waals surface area contributed by atoms with Crippen molar-refractivity contribution in [1.29, 1.82) is 0 Å². The molecule has 1 N–H and O–H groups in total. The van der Waals surface area contributed by atoms with Crippen LogP contribution in [-0.2, 0) is 12.8 Å². The van der Waals surface area contributed by atoms with E-state index in [1.807, 2.05) is 42.8 Å². The molecule has 0 aliphatic heterocycles. The van der Waals surface area contributed by atoms with Crippen LogP contribution < -0.4 is 5.32 Å². The fourth-order valence-corrected chi connectivity index (χ4v) is 3.95. The lowest BCUT2D eigenvalue weighted by atomic mass is 10.1. The number of nitrogens with zero attached hydrogens (tertiary/aromatic N) is 4. The van der Waals surface area contributed by atoms with Gasteiger partial charge in [-0.25, -0.2) is 9.67 Å². The summed E-state index contributed by atoms with van der Waals surface area (Å²) in [7, 11) is 0. The van der Waals surface area contributed by atoms with Crippen LogP contribution >= 0.6 is 12.4 Å². The molecular weight excluding hydrogens is 370 g/mol. The van der Waals surface area contributed by atoms with Gasteiger partial charge in [-0.3, -0.25) is 0 Å². The van der Waals surface area contributed by atoms with E-state index in [2.05, 4.69) is 40.7 Å². The van der Waals surface area contributed by atoms with E-state index in [1.54, 1.807) is 0 Å². The van der Waals surface area contributed by atoms with Gasteiger partial charge in [0, 0.05) is 17.1 Å². The van der Waals surface area contributed by atoms with Crippen LogP contribution in [0.4, 0.5) is 5.82 Å². The highest BCUT2D eigenvalue weighted by molar-refractivity contribution is 5.89. The van der Waals surface area contributed by atoms with Crippen LogP contribution in [0.2, 0.25) is 0 Å². The molecule has 0 spiro atoms. The van der Waals surface area contributed by atoms with Gasteiger partial charge < -0.3 is 5.32 Å². The van der Waals surface area contributed by atoms with Crippen LogP contribution in [0, 0.1) is 13.8 Å². The first kappa shape index (κ1) is 18.4. The molecule has 6 heteroatoms. The van der Waals surface area contributed by atoms with Gasteiger partial charge in [0.25, 0.3) is 5.95 Å². The van der Waals surface area contributed by atoms with Crippen molar-refractivity contribution in [1.82, 2.24) is 19.7 Å². The number of hydrogen-bond donors (Lipinski definition) is 1. The predicted molar refractivity (Wildman–Crippen MR) is 115 cm³/mol. The molecule has 5 nitrogen and oxygen atoms in total. The lowest BCUT2D eigenvalue weighted by Crippen LogP contribution is -2.21. The van der Waals surface area contributed by atoms with Gasteiger partial charge in [-0.15, -0.1) is 12.4 Å². The molecule has 0 saturated heterocycles. The number of aryl methyl sites for hydroxylation is 2. The van der Waals surface area contributed by atoms with Gasteiger partial charge in [-0.05, 0) is 56.0 Å². The first-order valence-corrected chi connectivity index (χ1v) is 9.31. The molecule has 0 bridgehead atoms. The summed E-state index contributed by atoms with van der Waals surface area (Å²) < 4.78 is 1.82. The summed E-state index contributed by atoms with van der Waals surface area (Å²) >= 11 is 0. The zero-order valence-corrected chi connectivity index (χ0v) is 16.7. The zero-order valence-electron chi connectivity index (χ0n) is 15.9. The summed E-state index contributed by atoms with van der Waals surface area (Å²) in [5, 5.41) is 9.27. The van der Waals surface area contributed by atoms with Gasteiger partial charge in [0.15, 0.2) is 0 Å². The Balaban J connectivity index is 0.00000192. The molecule has 0 unspecified atom stereocenters. The fourth-order valence-electron chi connectivity index (χ4n) is 3.95. The molecular formula is C22H22ClN5. The summed E-state index contributed by atoms with van der Waals surface area (Å²) in [6.45, 7) is 4.01. The topological polar surface area (TPSA) is 55.6 Å². The first-order chi connectivity index (χ1) is 13.2. The molecule has 4 aromatic rings. The van der Waals surface area contributed by atoms with E-state index in [1.165, 1.54) is 11.1 Å². The Morgan fingerprint density at radius 2 is 1.61 bits per heavy atom. The number of nitrogens with one attached hydrogen (secondary N) is 1. The van der Waals surface area contributed by atoms with Crippen LogP contribution in [-0.4, -0.2) is 25.8 Å². The van der Waals surface area contributed by atoms with Gasteiger partial charge in [0.2, 0.25) is 0 Å². The highest BCUT2D eigenvalue weighted by Crippen LogP contribution is 2.27. The van der Waals surface area contributed by atoms with Crippen LogP contribution in [0.15, 0.2) is 54.6 Å². The molecule has 1 aliphatic carbocycles. The molecule has 142 valence electrons. The Labute approximate surface area is 170 Å². The van der Waals surface area contributed by atoms with E-state index in [0.717, 1.165) is 41.0 Å². The summed E-state index contributed by atoms with van der Waals surface area (Å²) in [5.41, 5.74) is 5.76. The Bertz CT molecular complexity index is 1130. The fraction of sp³-hybridized carbons (Fsp3) is 0.227. The number of aromatic nitrogens is 4. The van der Waals surface area contributed by atoms with Gasteiger partial charge in [0.05, 0.1) is 11.2 Å². The second-order valence-corrected chi connectivity index (χ2v) is 7.25. The minimum atomic E-state index is 0. The number of hydrogen-bond acceptors (Lipinski definition) is 4. The quantitative estimate of drug-likeness (QED) is 0.561. The van der Waals surface area contributed by atoms with E-state index >= 15 is 0 Å². The molecule has 28 heavy (non-hydrogen) atoms. The van der Waals surface area contributed by atoms with E-state index in [-0.39, 0.29) is 12.4 Å². The summed E-state index contributed by atoms with van der Waals surface area (Å²) in [6.07, 6.45) is 2.04. The lowest BCUT2D eigenvalue weighted by Gasteiger charge is -2.16. The Morgan fingerprint density at radius 3 is 2.29 bits per heavy atom. The summed E-state index contributed by atoms with van der Waals surface area (Å²) in [5.74, 6) is 1.48. The highest BCUT2D eigenvalue weighted by atomic mass is 35.5. The van der Waals surface area contributed by atoms with Crippen molar-refractivity contribution in [3.8, 4) is 5.95 Å². The lowest BCUT2D eigenvalue weighted by molar-refractivity contribution is 0.755. The van der Waals surface area contributed by atoms with E-state index < -0.39 is 0 Å². The maximum atomic E-state index is 4.85. The first-order valence-electron chi connectivity index (χ1n) is 9.31. The van der Waals surface area contributed by atoms with Crippen LogP contribution in [0.1, 0.15) is 22.5 Å². The minimum Gasteiger partial charge on any atom is -0.366 e. The third kappa shape index (κ3) is 3.22. The number of halogens is 1. The average molecular weight is 392 g/mol. The highest BCUT2D eigenvalue weighted by Gasteiger charge is 2.22. The normalized spacial score (nSPS) is 13.4. The second kappa shape index (κ2) is 7.24. The maximum absolute atomic E-state index is 4.85. The number of benzene rings is 2. The standard InChI is InChI=1S/C22H21N5.ClH/c1-14-11-15(2)27(26-14)22-24-20-10-6-5-9-19(20)21(25-22)23-18-12-16-7-3-4-8-17(16)13-18;/h3-11,18H,12-13H2,1-2H3,(H,23,24,25);1H. The molecule has 0 radical (unpaired) electrons. The molecule has 0 amide bonds. The third-order valence-corrected chi connectivity index (χ3v) is 5.18. The Kier molecular flexibility index (Phi) is 4.77. The molecule has 0 fully saturated rings. The summed E-state index contributed by atoms with van der Waals surface area (Å²) in [4.78, 5) is 9.59. The van der Waals surface area contributed by atoms with Crippen molar-refractivity contribution in [3.63, 3.8) is 0 Å². The van der Waals surface area contributed by atoms with Crippen molar-refractivity contribution < 1.29 is 0 Å². The number of rotatable bonds is 3. The van der Waals surface area contributed by atoms with Crippen molar-refractivity contribution in [2.75, 3.05) is 5.32 Å². The molecule has 0 atom stereocenters. The van der Waals surface area contributed by atoms with Crippen molar-refractivity contribution in [2.45, 2.75) is 32.7 Å². The molecule has 0 saturated carbocycles. The van der Waals surface area contributed by atoms with E-state index in [0.29, 0.717) is 12.0 Å². The largest absolute Gasteiger partial charge is 0.366 e. The third-order valence-electron chi connectivity index (χ3n) is 5.18. The van der Waals surface area contributed by atoms with E-state index in [4.69, 9.17) is 9.97 Å². The van der Waals surface area contributed by atoms with Crippen molar-refractivity contribution >= 4 is 29.1 Å². The van der Waals surface area contributed by atoms with Gasteiger partial charge >= 0.3 is 0 Å². The van der Waals surface area contributed by atoms with Gasteiger partial charge in [0.1, 0.15) is 5.82 Å². The maximum Gasteiger partial charge on any atom is 0.253 e. The smallest absolute Gasteiger partial charge is 0.253 e. The number of para-hydroxylation sites is 1. The van der Waals surface area contributed by atoms with Crippen molar-refractivity contribution in [3.05, 3.63) is 77.1 Å². The molecule has 5 rings (SSSR count). The Morgan fingerprint density at radius 1 is 0.929 bits per heavy atom. The molecule has 2 aromatic heterocycles. The van der Waals surface area contributed by atoms with Crippen molar-refractivity contribution in [2.24, 2.45) is 0 Å². The molecule has 2 heterocycles. The zero-order chi connectivity index (χ0) is 18.4. The monoisotopic (exact) mass is 391 g/mol. The van der Waals surface area contributed by atoms with Crippen LogP contribution in [0.25, 0.3) is 16.9 Å². The second-order valence-electron chi connectivity index (χ2n) is 7.25. The molecule has 1 aliphatic rings. The average Bonchev–Trinajstić information content (AvgIpc) is 3.23. The minimum absolute atomic E-state index is 0. The Hall–Kier alpha value is -2.92. The SMILES string of the molecule is Cc1cc(C)n(-c2nc(NC3Cc4ccccc4C3)c3ccccc3n2)n1.Cl. The van der Waals surface area contributed by atoms with Crippen LogP contribution in [0.5, 0.6) is 0 Å². The van der Waals surface area contributed by atoms with Crippen LogP contribution in [0.3, 0.4) is 0 Å².